The summed E-state index contributed by atoms with van der Waals surface area (Å²) in [4.78, 5) is 3.96. The number of halogens is 1. The van der Waals surface area contributed by atoms with Crippen LogP contribution in [0.15, 0.2) is 49.0 Å². The van der Waals surface area contributed by atoms with Gasteiger partial charge >= 0.3 is 0 Å². The smallest absolute Gasteiger partial charge is 0.149 e. The monoisotopic (exact) mass is 203 g/mol. The molecule has 0 aliphatic heterocycles. The lowest BCUT2D eigenvalue weighted by molar-refractivity contribution is 0.397. The molecule has 3 heteroatoms. The SMILES string of the molecule is O/C=C\C(F)c1cncc2ccccc12. The molecule has 0 saturated heterocycles. The molecule has 2 nitrogen and oxygen atoms in total. The van der Waals surface area contributed by atoms with Gasteiger partial charge in [0.2, 0.25) is 0 Å². The average Bonchev–Trinajstić information content (AvgIpc) is 2.28. The molecule has 0 aliphatic carbocycles. The molecule has 1 unspecified atom stereocenters. The standard InChI is InChI=1S/C12H10FNO/c13-12(5-6-15)11-8-14-7-9-3-1-2-4-10(9)11/h1-8,12,15H/b6-5-. The van der Waals surface area contributed by atoms with Crippen LogP contribution < -0.4 is 0 Å². The van der Waals surface area contributed by atoms with E-state index in [-0.39, 0.29) is 0 Å². The molecule has 76 valence electrons. The summed E-state index contributed by atoms with van der Waals surface area (Å²) in [7, 11) is 0. The van der Waals surface area contributed by atoms with E-state index in [1.807, 2.05) is 24.3 Å². The summed E-state index contributed by atoms with van der Waals surface area (Å²) in [5.41, 5.74) is 0.471. The molecule has 0 fully saturated rings. The second-order valence-electron chi connectivity index (χ2n) is 3.19. The summed E-state index contributed by atoms with van der Waals surface area (Å²) in [6, 6.07) is 7.44. The first-order valence-electron chi connectivity index (χ1n) is 4.60. The van der Waals surface area contributed by atoms with Crippen LogP contribution in [0.2, 0.25) is 0 Å². The summed E-state index contributed by atoms with van der Waals surface area (Å²) in [5.74, 6) is 0. The van der Waals surface area contributed by atoms with E-state index in [2.05, 4.69) is 4.98 Å². The molecule has 1 heterocycles. The van der Waals surface area contributed by atoms with Crippen molar-refractivity contribution in [3.05, 3.63) is 54.6 Å². The van der Waals surface area contributed by atoms with Crippen molar-refractivity contribution >= 4 is 10.8 Å². The van der Waals surface area contributed by atoms with E-state index in [9.17, 15) is 4.39 Å². The number of aromatic nitrogens is 1. The van der Waals surface area contributed by atoms with Crippen molar-refractivity contribution in [3.63, 3.8) is 0 Å². The minimum Gasteiger partial charge on any atom is -0.516 e. The van der Waals surface area contributed by atoms with Crippen LogP contribution in [0.3, 0.4) is 0 Å². The second-order valence-corrected chi connectivity index (χ2v) is 3.19. The molecule has 0 bridgehead atoms. The van der Waals surface area contributed by atoms with Gasteiger partial charge in [-0.25, -0.2) is 4.39 Å². The molecule has 0 aliphatic rings. The van der Waals surface area contributed by atoms with Gasteiger partial charge in [-0.3, -0.25) is 4.98 Å². The predicted octanol–water partition coefficient (Wildman–Crippen LogP) is 3.32. The van der Waals surface area contributed by atoms with E-state index in [0.29, 0.717) is 11.8 Å². The van der Waals surface area contributed by atoms with Crippen LogP contribution in [0, 0.1) is 0 Å². The van der Waals surface area contributed by atoms with Gasteiger partial charge in [-0.15, -0.1) is 0 Å². The Morgan fingerprint density at radius 3 is 2.87 bits per heavy atom. The molecule has 0 spiro atoms. The zero-order chi connectivity index (χ0) is 10.7. The molecule has 15 heavy (non-hydrogen) atoms. The zero-order valence-electron chi connectivity index (χ0n) is 7.97. The van der Waals surface area contributed by atoms with Gasteiger partial charge in [0.25, 0.3) is 0 Å². The molecular formula is C12H10FNO. The van der Waals surface area contributed by atoms with Gasteiger partial charge in [-0.1, -0.05) is 24.3 Å². The van der Waals surface area contributed by atoms with E-state index in [0.717, 1.165) is 16.8 Å². The van der Waals surface area contributed by atoms with E-state index >= 15 is 0 Å². The molecule has 0 amide bonds. The van der Waals surface area contributed by atoms with Crippen molar-refractivity contribution in [1.82, 2.24) is 4.98 Å². The van der Waals surface area contributed by atoms with Crippen LogP contribution in [-0.2, 0) is 0 Å². The highest BCUT2D eigenvalue weighted by atomic mass is 19.1. The fourth-order valence-corrected chi connectivity index (χ4v) is 1.54. The number of pyridine rings is 1. The predicted molar refractivity (Wildman–Crippen MR) is 57.4 cm³/mol. The maximum atomic E-state index is 13.6. The molecule has 0 saturated carbocycles. The Kier molecular flexibility index (Phi) is 2.63. The van der Waals surface area contributed by atoms with E-state index in [1.54, 1.807) is 6.20 Å². The van der Waals surface area contributed by atoms with Gasteiger partial charge in [-0.2, -0.15) is 0 Å². The van der Waals surface area contributed by atoms with Crippen LogP contribution >= 0.6 is 0 Å². The van der Waals surface area contributed by atoms with Crippen LogP contribution in [0.5, 0.6) is 0 Å². The molecular weight excluding hydrogens is 193 g/mol. The minimum atomic E-state index is -1.33. The highest BCUT2D eigenvalue weighted by Crippen LogP contribution is 2.26. The Labute approximate surface area is 86.7 Å². The molecule has 1 aromatic carbocycles. The van der Waals surface area contributed by atoms with Crippen molar-refractivity contribution in [2.45, 2.75) is 6.17 Å². The second kappa shape index (κ2) is 4.09. The summed E-state index contributed by atoms with van der Waals surface area (Å²) in [6.45, 7) is 0. The maximum Gasteiger partial charge on any atom is 0.149 e. The molecule has 1 N–H and O–H groups in total. The lowest BCUT2D eigenvalue weighted by Crippen LogP contribution is -1.91. The number of alkyl halides is 1. The van der Waals surface area contributed by atoms with Gasteiger partial charge in [0.05, 0.1) is 6.26 Å². The number of nitrogens with zero attached hydrogens (tertiary/aromatic N) is 1. The van der Waals surface area contributed by atoms with Crippen LogP contribution in [0.4, 0.5) is 4.39 Å². The first kappa shape index (κ1) is 9.65. The van der Waals surface area contributed by atoms with Crippen LogP contribution in [-0.4, -0.2) is 10.1 Å². The normalized spacial score (nSPS) is 13.4. The van der Waals surface area contributed by atoms with Crippen molar-refractivity contribution < 1.29 is 9.50 Å². The third kappa shape index (κ3) is 1.81. The average molecular weight is 203 g/mol. The van der Waals surface area contributed by atoms with Gasteiger partial charge in [-0.05, 0) is 11.5 Å². The third-order valence-electron chi connectivity index (χ3n) is 2.25. The lowest BCUT2D eigenvalue weighted by atomic mass is 10.0. The molecule has 2 rings (SSSR count). The molecule has 1 aromatic heterocycles. The molecule has 0 radical (unpaired) electrons. The number of aliphatic hydroxyl groups excluding tert-OH is 1. The quantitative estimate of drug-likeness (QED) is 0.759. The van der Waals surface area contributed by atoms with Crippen molar-refractivity contribution in [3.8, 4) is 0 Å². The third-order valence-corrected chi connectivity index (χ3v) is 2.25. The molecule has 1 atom stereocenters. The zero-order valence-corrected chi connectivity index (χ0v) is 7.97. The van der Waals surface area contributed by atoms with Gasteiger partial charge in [0.1, 0.15) is 6.17 Å². The fraction of sp³-hybridized carbons (Fsp3) is 0.0833. The Morgan fingerprint density at radius 1 is 1.27 bits per heavy atom. The summed E-state index contributed by atoms with van der Waals surface area (Å²) >= 11 is 0. The maximum absolute atomic E-state index is 13.6. The van der Waals surface area contributed by atoms with E-state index in [1.165, 1.54) is 6.20 Å². The van der Waals surface area contributed by atoms with Gasteiger partial charge < -0.3 is 5.11 Å². The van der Waals surface area contributed by atoms with Crippen LogP contribution in [0.1, 0.15) is 11.7 Å². The van der Waals surface area contributed by atoms with Gasteiger partial charge in [0.15, 0.2) is 0 Å². The summed E-state index contributed by atoms with van der Waals surface area (Å²) in [6.07, 6.45) is 3.64. The van der Waals surface area contributed by atoms with Crippen molar-refractivity contribution in [1.29, 1.82) is 0 Å². The Balaban J connectivity index is 2.60. The van der Waals surface area contributed by atoms with Crippen molar-refractivity contribution in [2.24, 2.45) is 0 Å². The van der Waals surface area contributed by atoms with Crippen LogP contribution in [0.25, 0.3) is 10.8 Å². The number of allylic oxidation sites excluding steroid dienone is 1. The van der Waals surface area contributed by atoms with Crippen molar-refractivity contribution in [2.75, 3.05) is 0 Å². The van der Waals surface area contributed by atoms with Gasteiger partial charge in [0, 0.05) is 23.3 Å². The summed E-state index contributed by atoms with van der Waals surface area (Å²) < 4.78 is 13.6. The highest BCUT2D eigenvalue weighted by Gasteiger charge is 2.09. The Bertz CT molecular complexity index is 490. The lowest BCUT2D eigenvalue weighted by Gasteiger charge is -2.06. The molecule has 2 aromatic rings. The Hall–Kier alpha value is -1.90. The minimum absolute atomic E-state index is 0.471. The first-order chi connectivity index (χ1) is 7.33. The largest absolute Gasteiger partial charge is 0.516 e. The number of hydrogen-bond acceptors (Lipinski definition) is 2. The van der Waals surface area contributed by atoms with E-state index < -0.39 is 6.17 Å². The van der Waals surface area contributed by atoms with E-state index in [4.69, 9.17) is 5.11 Å². The number of benzene rings is 1. The number of fused-ring (bicyclic) bond motifs is 1. The highest BCUT2D eigenvalue weighted by molar-refractivity contribution is 5.85. The first-order valence-corrected chi connectivity index (χ1v) is 4.60. The number of hydrogen-bond donors (Lipinski definition) is 1. The topological polar surface area (TPSA) is 33.1 Å². The number of rotatable bonds is 2. The fourth-order valence-electron chi connectivity index (χ4n) is 1.54. The number of aliphatic hydroxyl groups is 1. The Morgan fingerprint density at radius 2 is 2.07 bits per heavy atom. The summed E-state index contributed by atoms with van der Waals surface area (Å²) in [5, 5.41) is 10.2.